The lowest BCUT2D eigenvalue weighted by Gasteiger charge is -2.20. The monoisotopic (exact) mass is 363 g/mol. The van der Waals surface area contributed by atoms with Gasteiger partial charge in [-0.15, -0.1) is 11.3 Å². The molecule has 128 valence electrons. The predicted molar refractivity (Wildman–Crippen MR) is 98.5 cm³/mol. The Kier molecular flexibility index (Phi) is 5.46. The molecule has 0 fully saturated rings. The molecule has 0 spiro atoms. The molecule has 0 amide bonds. The summed E-state index contributed by atoms with van der Waals surface area (Å²) in [5.74, 6) is 1.75. The normalized spacial score (nSPS) is 16.9. The number of esters is 1. The number of fused-ring (bicyclic) bond motifs is 1. The fourth-order valence-electron chi connectivity index (χ4n) is 3.17. The standard InChI is InChI=1S/C18H21NO3S2/c1-3-23-8-6-22-18(21)17-11(2)16-13(19-17)9-12(10-14(16)20)15-5-4-7-24-15/h4-5,7,12,19H,3,6,8-10H2,1-2H3/t12-/m0/s1. The smallest absolute Gasteiger partial charge is 0.355 e. The number of Topliss-reactive ketones (excluding diaryl/α,β-unsaturated/α-hetero) is 1. The summed E-state index contributed by atoms with van der Waals surface area (Å²) in [6.07, 6.45) is 1.27. The number of aromatic amines is 1. The lowest BCUT2D eigenvalue weighted by atomic mass is 9.84. The molecule has 1 atom stereocenters. The molecule has 0 radical (unpaired) electrons. The van der Waals surface area contributed by atoms with Crippen molar-refractivity contribution in [1.82, 2.24) is 4.98 Å². The molecule has 24 heavy (non-hydrogen) atoms. The number of nitrogens with one attached hydrogen (secondary N) is 1. The largest absolute Gasteiger partial charge is 0.460 e. The minimum absolute atomic E-state index is 0.115. The van der Waals surface area contributed by atoms with Crippen LogP contribution in [-0.2, 0) is 11.2 Å². The second-order valence-electron chi connectivity index (χ2n) is 5.86. The Bertz CT molecular complexity index is 734. The van der Waals surface area contributed by atoms with E-state index in [1.807, 2.05) is 18.4 Å². The van der Waals surface area contributed by atoms with Crippen molar-refractivity contribution in [1.29, 1.82) is 0 Å². The predicted octanol–water partition coefficient (Wildman–Crippen LogP) is 4.21. The van der Waals surface area contributed by atoms with Gasteiger partial charge in [0.1, 0.15) is 12.3 Å². The highest BCUT2D eigenvalue weighted by Crippen LogP contribution is 2.36. The summed E-state index contributed by atoms with van der Waals surface area (Å²) < 4.78 is 5.32. The van der Waals surface area contributed by atoms with Crippen molar-refractivity contribution in [2.45, 2.75) is 32.6 Å². The van der Waals surface area contributed by atoms with Crippen molar-refractivity contribution in [2.75, 3.05) is 18.1 Å². The first kappa shape index (κ1) is 17.3. The van der Waals surface area contributed by atoms with Gasteiger partial charge in [-0.05, 0) is 36.1 Å². The molecule has 6 heteroatoms. The highest BCUT2D eigenvalue weighted by Gasteiger charge is 2.32. The Morgan fingerprint density at radius 1 is 1.46 bits per heavy atom. The molecule has 3 rings (SSSR count). The maximum atomic E-state index is 12.6. The Morgan fingerprint density at radius 3 is 3.00 bits per heavy atom. The quantitative estimate of drug-likeness (QED) is 0.617. The van der Waals surface area contributed by atoms with Gasteiger partial charge in [0.05, 0.1) is 0 Å². The van der Waals surface area contributed by atoms with Crippen LogP contribution in [0.15, 0.2) is 17.5 Å². The Hall–Kier alpha value is -1.53. The van der Waals surface area contributed by atoms with Crippen LogP contribution in [0.2, 0.25) is 0 Å². The summed E-state index contributed by atoms with van der Waals surface area (Å²) in [7, 11) is 0. The summed E-state index contributed by atoms with van der Waals surface area (Å²) in [5.41, 5.74) is 2.73. The van der Waals surface area contributed by atoms with Crippen molar-refractivity contribution in [3.8, 4) is 0 Å². The van der Waals surface area contributed by atoms with E-state index >= 15 is 0 Å². The molecular weight excluding hydrogens is 342 g/mol. The first-order valence-corrected chi connectivity index (χ1v) is 10.2. The van der Waals surface area contributed by atoms with Crippen LogP contribution in [0.1, 0.15) is 56.2 Å². The summed E-state index contributed by atoms with van der Waals surface area (Å²) in [4.78, 5) is 29.3. The fourth-order valence-corrected chi connectivity index (χ4v) is 4.49. The number of thiophene rings is 1. The average molecular weight is 364 g/mol. The number of rotatable bonds is 6. The molecule has 1 aliphatic rings. The Balaban J connectivity index is 1.77. The minimum Gasteiger partial charge on any atom is -0.460 e. The molecule has 0 bridgehead atoms. The van der Waals surface area contributed by atoms with Crippen LogP contribution >= 0.6 is 23.1 Å². The second kappa shape index (κ2) is 7.57. The van der Waals surface area contributed by atoms with E-state index in [0.29, 0.717) is 24.3 Å². The van der Waals surface area contributed by atoms with Gasteiger partial charge in [-0.3, -0.25) is 4.79 Å². The fraction of sp³-hybridized carbons (Fsp3) is 0.444. The number of hydrogen-bond acceptors (Lipinski definition) is 5. The van der Waals surface area contributed by atoms with Gasteiger partial charge in [-0.25, -0.2) is 4.79 Å². The lowest BCUT2D eigenvalue weighted by molar-refractivity contribution is 0.0523. The van der Waals surface area contributed by atoms with Crippen molar-refractivity contribution in [3.05, 3.63) is 44.9 Å². The van der Waals surface area contributed by atoms with Crippen LogP contribution in [0, 0.1) is 6.92 Å². The molecule has 2 aromatic heterocycles. The van der Waals surface area contributed by atoms with E-state index in [-0.39, 0.29) is 17.7 Å². The van der Waals surface area contributed by atoms with Gasteiger partial charge in [-0.1, -0.05) is 13.0 Å². The van der Waals surface area contributed by atoms with E-state index in [1.165, 1.54) is 4.88 Å². The summed E-state index contributed by atoms with van der Waals surface area (Å²) in [5, 5.41) is 2.03. The number of aromatic nitrogens is 1. The maximum Gasteiger partial charge on any atom is 0.355 e. The Morgan fingerprint density at radius 2 is 2.29 bits per heavy atom. The van der Waals surface area contributed by atoms with Crippen LogP contribution in [0.25, 0.3) is 0 Å². The third-order valence-corrected chi connectivity index (χ3v) is 6.20. The first-order chi connectivity index (χ1) is 11.6. The van der Waals surface area contributed by atoms with Crippen LogP contribution < -0.4 is 0 Å². The van der Waals surface area contributed by atoms with Gasteiger partial charge in [0.15, 0.2) is 5.78 Å². The van der Waals surface area contributed by atoms with Crippen molar-refractivity contribution in [3.63, 3.8) is 0 Å². The van der Waals surface area contributed by atoms with Crippen LogP contribution in [-0.4, -0.2) is 34.8 Å². The number of ether oxygens (including phenoxy) is 1. The van der Waals surface area contributed by atoms with Gasteiger partial charge in [0, 0.05) is 34.2 Å². The number of hydrogen-bond donors (Lipinski definition) is 1. The average Bonchev–Trinajstić information content (AvgIpc) is 3.20. The van der Waals surface area contributed by atoms with Crippen molar-refractivity contribution < 1.29 is 14.3 Å². The molecule has 2 aromatic rings. The first-order valence-electron chi connectivity index (χ1n) is 8.14. The van der Waals surface area contributed by atoms with Gasteiger partial charge in [0.25, 0.3) is 0 Å². The molecular formula is C18H21NO3S2. The highest BCUT2D eigenvalue weighted by atomic mass is 32.2. The van der Waals surface area contributed by atoms with E-state index in [2.05, 4.69) is 18.0 Å². The number of thioether (sulfide) groups is 1. The number of carbonyl (C=O) groups is 2. The minimum atomic E-state index is -0.362. The maximum absolute atomic E-state index is 12.6. The zero-order chi connectivity index (χ0) is 17.1. The SMILES string of the molecule is CCSCCOC(=O)c1[nH]c2c(c1C)C(=O)C[C@@H](c1cccs1)C2. The highest BCUT2D eigenvalue weighted by molar-refractivity contribution is 7.99. The van der Waals surface area contributed by atoms with Gasteiger partial charge >= 0.3 is 5.97 Å². The lowest BCUT2D eigenvalue weighted by Crippen LogP contribution is -2.17. The van der Waals surface area contributed by atoms with E-state index in [9.17, 15) is 9.59 Å². The van der Waals surface area contributed by atoms with Crippen LogP contribution in [0.5, 0.6) is 0 Å². The van der Waals surface area contributed by atoms with Gasteiger partial charge in [-0.2, -0.15) is 11.8 Å². The molecule has 1 N–H and O–H groups in total. The zero-order valence-corrected chi connectivity index (χ0v) is 15.5. The molecule has 4 nitrogen and oxygen atoms in total. The van der Waals surface area contributed by atoms with Gasteiger partial charge < -0.3 is 9.72 Å². The van der Waals surface area contributed by atoms with E-state index in [4.69, 9.17) is 4.74 Å². The third-order valence-electron chi connectivity index (χ3n) is 4.30. The van der Waals surface area contributed by atoms with Crippen LogP contribution in [0.4, 0.5) is 0 Å². The van der Waals surface area contributed by atoms with Crippen LogP contribution in [0.3, 0.4) is 0 Å². The van der Waals surface area contributed by atoms with Crippen molar-refractivity contribution in [2.24, 2.45) is 0 Å². The summed E-state index contributed by atoms with van der Waals surface area (Å²) >= 11 is 3.41. The molecule has 0 unspecified atom stereocenters. The Labute approximate surface area is 150 Å². The molecule has 0 aliphatic heterocycles. The van der Waals surface area contributed by atoms with E-state index in [0.717, 1.165) is 29.2 Å². The zero-order valence-electron chi connectivity index (χ0n) is 13.9. The molecule has 1 aliphatic carbocycles. The summed E-state index contributed by atoms with van der Waals surface area (Å²) in [6, 6.07) is 4.08. The molecule has 2 heterocycles. The number of ketones is 1. The second-order valence-corrected chi connectivity index (χ2v) is 8.23. The molecule has 0 saturated heterocycles. The topological polar surface area (TPSA) is 59.2 Å². The van der Waals surface area contributed by atoms with Gasteiger partial charge in [0.2, 0.25) is 0 Å². The number of carbonyl (C=O) groups excluding carboxylic acids is 2. The summed E-state index contributed by atoms with van der Waals surface area (Å²) in [6.45, 7) is 4.30. The van der Waals surface area contributed by atoms with E-state index in [1.54, 1.807) is 23.1 Å². The third kappa shape index (κ3) is 3.44. The molecule has 0 aromatic carbocycles. The molecule has 0 saturated carbocycles. The van der Waals surface area contributed by atoms with E-state index < -0.39 is 0 Å². The van der Waals surface area contributed by atoms with Crippen molar-refractivity contribution >= 4 is 34.9 Å². The number of H-pyrrole nitrogens is 1.